The van der Waals surface area contributed by atoms with Gasteiger partial charge in [-0.2, -0.15) is 0 Å². The minimum atomic E-state index is -1.04. The number of nitrogens with two attached hydrogens (primary N) is 1. The van der Waals surface area contributed by atoms with Crippen molar-refractivity contribution < 1.29 is 13.6 Å². The third-order valence-electron chi connectivity index (χ3n) is 3.00. The smallest absolute Gasteiger partial charge is 0.239 e. The first-order chi connectivity index (χ1) is 9.14. The van der Waals surface area contributed by atoms with Crippen LogP contribution in [-0.4, -0.2) is 37.0 Å². The highest BCUT2D eigenvalue weighted by molar-refractivity contribution is 5.85. The first-order valence-electron chi connectivity index (χ1n) is 6.32. The highest BCUT2D eigenvalue weighted by atomic mass is 19.1. The Bertz CT molecular complexity index is 464. The molecule has 1 aromatic carbocycles. The zero-order valence-corrected chi connectivity index (χ0v) is 12.2. The van der Waals surface area contributed by atoms with Crippen molar-refractivity contribution in [3.8, 4) is 0 Å². The molecule has 1 amide bonds. The zero-order chi connectivity index (χ0) is 15.5. The van der Waals surface area contributed by atoms with Crippen molar-refractivity contribution >= 4 is 5.91 Å². The van der Waals surface area contributed by atoms with Crippen LogP contribution >= 0.6 is 0 Å². The maximum atomic E-state index is 13.8. The molecule has 1 atom stereocenters. The van der Waals surface area contributed by atoms with Crippen molar-refractivity contribution in [2.45, 2.75) is 25.4 Å². The van der Waals surface area contributed by atoms with Crippen LogP contribution in [0.5, 0.6) is 0 Å². The molecule has 0 fully saturated rings. The van der Waals surface area contributed by atoms with Gasteiger partial charge in [0.25, 0.3) is 0 Å². The maximum absolute atomic E-state index is 13.8. The third kappa shape index (κ3) is 3.98. The van der Waals surface area contributed by atoms with Crippen LogP contribution in [0.25, 0.3) is 0 Å². The minimum absolute atomic E-state index is 0.0624. The number of carbonyl (C=O) groups is 1. The molecule has 4 nitrogen and oxygen atoms in total. The van der Waals surface area contributed by atoms with Gasteiger partial charge in [0, 0.05) is 12.1 Å². The Morgan fingerprint density at radius 1 is 1.35 bits per heavy atom. The summed E-state index contributed by atoms with van der Waals surface area (Å²) in [6, 6.07) is 3.10. The molecule has 0 saturated carbocycles. The SMILES string of the molecule is CN(C)C(CNC(=O)C(C)(C)N)c1c(F)cccc1F. The number of likely N-dealkylation sites (N-methyl/N-ethyl adjacent to an activating group) is 1. The lowest BCUT2D eigenvalue weighted by Gasteiger charge is -2.27. The van der Waals surface area contributed by atoms with Crippen LogP contribution in [0, 0.1) is 11.6 Å². The first kappa shape index (κ1) is 16.5. The van der Waals surface area contributed by atoms with E-state index in [1.54, 1.807) is 32.8 Å². The summed E-state index contributed by atoms with van der Waals surface area (Å²) < 4.78 is 27.6. The van der Waals surface area contributed by atoms with Crippen LogP contribution in [0.2, 0.25) is 0 Å². The van der Waals surface area contributed by atoms with E-state index in [2.05, 4.69) is 5.32 Å². The largest absolute Gasteiger partial charge is 0.353 e. The number of hydrogen-bond donors (Lipinski definition) is 2. The Morgan fingerprint density at radius 3 is 2.25 bits per heavy atom. The summed E-state index contributed by atoms with van der Waals surface area (Å²) in [5.74, 6) is -1.64. The van der Waals surface area contributed by atoms with Crippen molar-refractivity contribution in [3.63, 3.8) is 0 Å². The second-order valence-electron chi connectivity index (χ2n) is 5.55. The summed E-state index contributed by atoms with van der Waals surface area (Å²) in [6.07, 6.45) is 0. The number of amides is 1. The molecule has 0 aliphatic rings. The van der Waals surface area contributed by atoms with Crippen molar-refractivity contribution in [2.75, 3.05) is 20.6 Å². The molecule has 6 heteroatoms. The Labute approximate surface area is 117 Å². The van der Waals surface area contributed by atoms with Crippen molar-refractivity contribution in [1.29, 1.82) is 0 Å². The molecule has 0 spiro atoms. The van der Waals surface area contributed by atoms with Crippen LogP contribution in [0.4, 0.5) is 8.78 Å². The fourth-order valence-corrected chi connectivity index (χ4v) is 1.79. The molecule has 0 aliphatic carbocycles. The molecule has 1 aromatic rings. The van der Waals surface area contributed by atoms with E-state index in [1.807, 2.05) is 0 Å². The summed E-state index contributed by atoms with van der Waals surface area (Å²) >= 11 is 0. The molecule has 20 heavy (non-hydrogen) atoms. The molecule has 3 N–H and O–H groups in total. The van der Waals surface area contributed by atoms with E-state index in [4.69, 9.17) is 5.73 Å². The third-order valence-corrected chi connectivity index (χ3v) is 3.00. The molecule has 0 bridgehead atoms. The topological polar surface area (TPSA) is 58.4 Å². The molecular formula is C14H21F2N3O. The van der Waals surface area contributed by atoms with Crippen LogP contribution in [0.3, 0.4) is 0 Å². The van der Waals surface area contributed by atoms with E-state index in [0.29, 0.717) is 0 Å². The van der Waals surface area contributed by atoms with Gasteiger partial charge in [0.15, 0.2) is 0 Å². The highest BCUT2D eigenvalue weighted by Gasteiger charge is 2.26. The summed E-state index contributed by atoms with van der Waals surface area (Å²) in [5.41, 5.74) is 4.57. The Balaban J connectivity index is 2.94. The van der Waals surface area contributed by atoms with Gasteiger partial charge >= 0.3 is 0 Å². The second kappa shape index (κ2) is 6.28. The highest BCUT2D eigenvalue weighted by Crippen LogP contribution is 2.23. The number of hydrogen-bond acceptors (Lipinski definition) is 3. The summed E-state index contributed by atoms with van der Waals surface area (Å²) in [4.78, 5) is 13.4. The second-order valence-corrected chi connectivity index (χ2v) is 5.55. The zero-order valence-electron chi connectivity index (χ0n) is 12.2. The summed E-state index contributed by atoms with van der Waals surface area (Å²) in [7, 11) is 3.38. The van der Waals surface area contributed by atoms with Crippen molar-refractivity contribution in [2.24, 2.45) is 5.73 Å². The molecule has 0 radical (unpaired) electrons. The van der Waals surface area contributed by atoms with E-state index in [1.165, 1.54) is 18.2 Å². The number of carbonyl (C=O) groups excluding carboxylic acids is 1. The molecule has 0 aromatic heterocycles. The lowest BCUT2D eigenvalue weighted by Crippen LogP contribution is -2.50. The Morgan fingerprint density at radius 2 is 1.85 bits per heavy atom. The fraction of sp³-hybridized carbons (Fsp3) is 0.500. The predicted octanol–water partition coefficient (Wildman–Crippen LogP) is 1.42. The predicted molar refractivity (Wildman–Crippen MR) is 74.1 cm³/mol. The normalized spacial score (nSPS) is 13.4. The number of benzene rings is 1. The Kier molecular flexibility index (Phi) is 5.19. The van der Waals surface area contributed by atoms with E-state index >= 15 is 0 Å². The molecule has 0 aliphatic heterocycles. The van der Waals surface area contributed by atoms with Gasteiger partial charge in [-0.25, -0.2) is 8.78 Å². The number of rotatable bonds is 5. The molecule has 1 rings (SSSR count). The van der Waals surface area contributed by atoms with Crippen molar-refractivity contribution in [1.82, 2.24) is 10.2 Å². The summed E-state index contributed by atoms with van der Waals surface area (Å²) in [5, 5.41) is 2.62. The van der Waals surface area contributed by atoms with E-state index in [-0.39, 0.29) is 18.0 Å². The van der Waals surface area contributed by atoms with E-state index in [0.717, 1.165) is 0 Å². The van der Waals surface area contributed by atoms with E-state index < -0.39 is 23.2 Å². The van der Waals surface area contributed by atoms with Crippen molar-refractivity contribution in [3.05, 3.63) is 35.4 Å². The lowest BCUT2D eigenvalue weighted by atomic mass is 10.0. The van der Waals surface area contributed by atoms with Crippen LogP contribution in [-0.2, 0) is 4.79 Å². The van der Waals surface area contributed by atoms with Gasteiger partial charge in [-0.15, -0.1) is 0 Å². The fourth-order valence-electron chi connectivity index (χ4n) is 1.79. The number of nitrogens with one attached hydrogen (secondary N) is 1. The van der Waals surface area contributed by atoms with Crippen LogP contribution < -0.4 is 11.1 Å². The number of nitrogens with zero attached hydrogens (tertiary/aromatic N) is 1. The Hall–Kier alpha value is -1.53. The van der Waals surface area contributed by atoms with Gasteiger partial charge in [-0.1, -0.05) is 6.07 Å². The monoisotopic (exact) mass is 285 g/mol. The molecular weight excluding hydrogens is 264 g/mol. The van der Waals surface area contributed by atoms with Gasteiger partial charge in [0.1, 0.15) is 11.6 Å². The van der Waals surface area contributed by atoms with Gasteiger partial charge in [-0.05, 0) is 40.1 Å². The number of halogens is 2. The van der Waals surface area contributed by atoms with Gasteiger partial charge < -0.3 is 16.0 Å². The molecule has 1 unspecified atom stereocenters. The quantitative estimate of drug-likeness (QED) is 0.860. The lowest BCUT2D eigenvalue weighted by molar-refractivity contribution is -0.125. The molecule has 0 saturated heterocycles. The van der Waals surface area contributed by atoms with Gasteiger partial charge in [-0.3, -0.25) is 4.79 Å². The maximum Gasteiger partial charge on any atom is 0.239 e. The van der Waals surface area contributed by atoms with Gasteiger partial charge in [0.2, 0.25) is 5.91 Å². The molecule has 0 heterocycles. The average molecular weight is 285 g/mol. The average Bonchev–Trinajstić information content (AvgIpc) is 2.30. The standard InChI is InChI=1S/C14H21F2N3O/c1-14(2,17)13(20)18-8-11(19(3)4)12-9(15)6-5-7-10(12)16/h5-7,11H,8,17H2,1-4H3,(H,18,20). The van der Waals surface area contributed by atoms with Crippen LogP contribution in [0.1, 0.15) is 25.5 Å². The minimum Gasteiger partial charge on any atom is -0.353 e. The van der Waals surface area contributed by atoms with Gasteiger partial charge in [0.05, 0.1) is 11.6 Å². The van der Waals surface area contributed by atoms with Crippen LogP contribution in [0.15, 0.2) is 18.2 Å². The summed E-state index contributed by atoms with van der Waals surface area (Å²) in [6.45, 7) is 3.21. The van der Waals surface area contributed by atoms with E-state index in [9.17, 15) is 13.6 Å². The first-order valence-corrected chi connectivity index (χ1v) is 6.32. The molecule has 112 valence electrons.